The van der Waals surface area contributed by atoms with E-state index in [1.165, 1.54) is 0 Å². The highest BCUT2D eigenvalue weighted by Crippen LogP contribution is 2.24. The van der Waals surface area contributed by atoms with Crippen molar-refractivity contribution in [3.05, 3.63) is 54.1 Å². The van der Waals surface area contributed by atoms with E-state index in [1.807, 2.05) is 67.5 Å². The lowest BCUT2D eigenvalue weighted by atomic mass is 10.2. The second kappa shape index (κ2) is 7.90. The van der Waals surface area contributed by atoms with Gasteiger partial charge in [0.2, 0.25) is 0 Å². The van der Waals surface area contributed by atoms with Crippen molar-refractivity contribution in [1.82, 2.24) is 0 Å². The SMILES string of the molecule is CCCSc1ccccc1C(=O)Nc1ccc(N(C)C)cc1. The number of rotatable bonds is 6. The number of anilines is 2. The summed E-state index contributed by atoms with van der Waals surface area (Å²) in [6, 6.07) is 15.6. The van der Waals surface area contributed by atoms with Crippen molar-refractivity contribution in [2.45, 2.75) is 18.2 Å². The lowest BCUT2D eigenvalue weighted by molar-refractivity contribution is 0.102. The molecule has 1 N–H and O–H groups in total. The first-order valence-corrected chi connectivity index (χ1v) is 8.41. The molecule has 2 aromatic rings. The molecule has 4 heteroatoms. The Morgan fingerprint density at radius 2 is 1.77 bits per heavy atom. The summed E-state index contributed by atoms with van der Waals surface area (Å²) in [5, 5.41) is 2.97. The lowest BCUT2D eigenvalue weighted by Gasteiger charge is -2.13. The fraction of sp³-hybridized carbons (Fsp3) is 0.278. The van der Waals surface area contributed by atoms with Crippen LogP contribution in [-0.2, 0) is 0 Å². The van der Waals surface area contributed by atoms with Gasteiger partial charge in [-0.15, -0.1) is 11.8 Å². The van der Waals surface area contributed by atoms with Crippen molar-refractivity contribution in [2.75, 3.05) is 30.1 Å². The van der Waals surface area contributed by atoms with E-state index in [9.17, 15) is 4.79 Å². The normalized spacial score (nSPS) is 10.3. The van der Waals surface area contributed by atoms with Gasteiger partial charge in [0, 0.05) is 30.4 Å². The Morgan fingerprint density at radius 3 is 2.41 bits per heavy atom. The van der Waals surface area contributed by atoms with E-state index in [0.717, 1.165) is 34.0 Å². The van der Waals surface area contributed by atoms with Crippen LogP contribution in [0.5, 0.6) is 0 Å². The van der Waals surface area contributed by atoms with Crippen LogP contribution >= 0.6 is 11.8 Å². The van der Waals surface area contributed by atoms with Crippen LogP contribution in [0.1, 0.15) is 23.7 Å². The summed E-state index contributed by atoms with van der Waals surface area (Å²) in [7, 11) is 3.99. The second-order valence-corrected chi connectivity index (χ2v) is 6.38. The van der Waals surface area contributed by atoms with E-state index >= 15 is 0 Å². The molecule has 2 rings (SSSR count). The molecule has 0 radical (unpaired) electrons. The topological polar surface area (TPSA) is 32.3 Å². The first kappa shape index (κ1) is 16.4. The van der Waals surface area contributed by atoms with Gasteiger partial charge in [0.05, 0.1) is 5.56 Å². The number of nitrogens with zero attached hydrogens (tertiary/aromatic N) is 1. The maximum absolute atomic E-state index is 12.5. The molecule has 0 aliphatic heterocycles. The van der Waals surface area contributed by atoms with Crippen LogP contribution in [0.3, 0.4) is 0 Å². The molecule has 0 unspecified atom stereocenters. The molecule has 0 bridgehead atoms. The Kier molecular flexibility index (Phi) is 5.90. The summed E-state index contributed by atoms with van der Waals surface area (Å²) in [4.78, 5) is 15.5. The van der Waals surface area contributed by atoms with Crippen LogP contribution in [0, 0.1) is 0 Å². The van der Waals surface area contributed by atoms with Gasteiger partial charge in [-0.2, -0.15) is 0 Å². The number of carbonyl (C=O) groups excluding carboxylic acids is 1. The quantitative estimate of drug-likeness (QED) is 0.796. The number of benzene rings is 2. The molecule has 2 aromatic carbocycles. The maximum atomic E-state index is 12.5. The molecular formula is C18H22N2OS. The van der Waals surface area contributed by atoms with Gasteiger partial charge < -0.3 is 10.2 Å². The van der Waals surface area contributed by atoms with Crippen molar-refractivity contribution < 1.29 is 4.79 Å². The van der Waals surface area contributed by atoms with E-state index in [4.69, 9.17) is 0 Å². The maximum Gasteiger partial charge on any atom is 0.256 e. The predicted octanol–water partition coefficient (Wildman–Crippen LogP) is 4.51. The molecule has 0 fully saturated rings. The molecule has 1 amide bonds. The van der Waals surface area contributed by atoms with Gasteiger partial charge in [-0.05, 0) is 48.6 Å². The van der Waals surface area contributed by atoms with Gasteiger partial charge in [0.25, 0.3) is 5.91 Å². The molecule has 0 saturated carbocycles. The molecular weight excluding hydrogens is 292 g/mol. The van der Waals surface area contributed by atoms with Crippen LogP contribution in [0.25, 0.3) is 0 Å². The Hall–Kier alpha value is -1.94. The number of hydrogen-bond donors (Lipinski definition) is 1. The molecule has 0 atom stereocenters. The molecule has 3 nitrogen and oxygen atoms in total. The molecule has 116 valence electrons. The molecule has 0 saturated heterocycles. The minimum absolute atomic E-state index is 0.0585. The summed E-state index contributed by atoms with van der Waals surface area (Å²) in [5.74, 6) is 0.957. The summed E-state index contributed by atoms with van der Waals surface area (Å²) in [6.07, 6.45) is 1.09. The van der Waals surface area contributed by atoms with E-state index in [2.05, 4.69) is 12.2 Å². The first-order valence-electron chi connectivity index (χ1n) is 7.42. The zero-order valence-electron chi connectivity index (χ0n) is 13.3. The number of amides is 1. The lowest BCUT2D eigenvalue weighted by Crippen LogP contribution is -2.13. The molecule has 0 aliphatic carbocycles. The monoisotopic (exact) mass is 314 g/mol. The third-order valence-corrected chi connectivity index (χ3v) is 4.51. The Morgan fingerprint density at radius 1 is 1.09 bits per heavy atom. The summed E-state index contributed by atoms with van der Waals surface area (Å²) >= 11 is 1.72. The highest BCUT2D eigenvalue weighted by atomic mass is 32.2. The van der Waals surface area contributed by atoms with Gasteiger partial charge in [0.1, 0.15) is 0 Å². The van der Waals surface area contributed by atoms with Gasteiger partial charge in [-0.1, -0.05) is 19.1 Å². The standard InChI is InChI=1S/C18H22N2OS/c1-4-13-22-17-8-6-5-7-16(17)18(21)19-14-9-11-15(12-10-14)20(2)3/h5-12H,4,13H2,1-3H3,(H,19,21). The van der Waals surface area contributed by atoms with E-state index in [0.29, 0.717) is 0 Å². The predicted molar refractivity (Wildman–Crippen MR) is 96.2 cm³/mol. The van der Waals surface area contributed by atoms with Gasteiger partial charge >= 0.3 is 0 Å². The molecule has 0 heterocycles. The average molecular weight is 314 g/mol. The van der Waals surface area contributed by atoms with Crippen LogP contribution in [0.15, 0.2) is 53.4 Å². The third-order valence-electron chi connectivity index (χ3n) is 3.23. The summed E-state index contributed by atoms with van der Waals surface area (Å²) in [6.45, 7) is 2.14. The summed E-state index contributed by atoms with van der Waals surface area (Å²) in [5.41, 5.74) is 2.65. The molecule has 0 aliphatic rings. The van der Waals surface area contributed by atoms with Gasteiger partial charge in [-0.3, -0.25) is 4.79 Å². The van der Waals surface area contributed by atoms with E-state index in [1.54, 1.807) is 11.8 Å². The van der Waals surface area contributed by atoms with Crippen LogP contribution in [-0.4, -0.2) is 25.8 Å². The highest BCUT2D eigenvalue weighted by molar-refractivity contribution is 7.99. The zero-order chi connectivity index (χ0) is 15.9. The Bertz CT molecular complexity index is 623. The largest absolute Gasteiger partial charge is 0.378 e. The van der Waals surface area contributed by atoms with Crippen molar-refractivity contribution in [2.24, 2.45) is 0 Å². The molecule has 0 aromatic heterocycles. The fourth-order valence-corrected chi connectivity index (χ4v) is 2.95. The van der Waals surface area contributed by atoms with Crippen molar-refractivity contribution in [3.63, 3.8) is 0 Å². The van der Waals surface area contributed by atoms with Crippen LogP contribution < -0.4 is 10.2 Å². The second-order valence-electron chi connectivity index (χ2n) is 5.24. The Balaban J connectivity index is 2.11. The van der Waals surface area contributed by atoms with Crippen LogP contribution in [0.4, 0.5) is 11.4 Å². The third kappa shape index (κ3) is 4.28. The molecule has 22 heavy (non-hydrogen) atoms. The first-order chi connectivity index (χ1) is 10.6. The number of nitrogens with one attached hydrogen (secondary N) is 1. The minimum Gasteiger partial charge on any atom is -0.378 e. The smallest absolute Gasteiger partial charge is 0.256 e. The zero-order valence-corrected chi connectivity index (χ0v) is 14.1. The van der Waals surface area contributed by atoms with E-state index < -0.39 is 0 Å². The van der Waals surface area contributed by atoms with Crippen molar-refractivity contribution in [1.29, 1.82) is 0 Å². The minimum atomic E-state index is -0.0585. The average Bonchev–Trinajstić information content (AvgIpc) is 2.53. The highest BCUT2D eigenvalue weighted by Gasteiger charge is 2.11. The van der Waals surface area contributed by atoms with Crippen molar-refractivity contribution in [3.8, 4) is 0 Å². The Labute approximate surface area is 136 Å². The number of carbonyl (C=O) groups is 1. The molecule has 0 spiro atoms. The van der Waals surface area contributed by atoms with E-state index in [-0.39, 0.29) is 5.91 Å². The van der Waals surface area contributed by atoms with Crippen LogP contribution in [0.2, 0.25) is 0 Å². The van der Waals surface area contributed by atoms with Gasteiger partial charge in [0.15, 0.2) is 0 Å². The van der Waals surface area contributed by atoms with Crippen molar-refractivity contribution >= 4 is 29.0 Å². The number of thioether (sulfide) groups is 1. The number of hydrogen-bond acceptors (Lipinski definition) is 3. The van der Waals surface area contributed by atoms with Gasteiger partial charge in [-0.25, -0.2) is 0 Å². The fourth-order valence-electron chi connectivity index (χ4n) is 2.03. The summed E-state index contributed by atoms with van der Waals surface area (Å²) < 4.78 is 0.